The van der Waals surface area contributed by atoms with Gasteiger partial charge in [-0.2, -0.15) is 0 Å². The van der Waals surface area contributed by atoms with Crippen molar-refractivity contribution in [1.29, 1.82) is 0 Å². The Morgan fingerprint density at radius 3 is 2.71 bits per heavy atom. The van der Waals surface area contributed by atoms with Gasteiger partial charge in [0.15, 0.2) is 11.6 Å². The van der Waals surface area contributed by atoms with Crippen molar-refractivity contribution in [1.82, 2.24) is 0 Å². The van der Waals surface area contributed by atoms with Crippen molar-refractivity contribution in [3.8, 4) is 5.75 Å². The molecule has 0 unspecified atom stereocenters. The number of phenols is 1. The van der Waals surface area contributed by atoms with E-state index in [-0.39, 0.29) is 23.4 Å². The number of phenolic OH excluding ortho intramolecular Hbond substituents is 1. The van der Waals surface area contributed by atoms with E-state index in [1.807, 2.05) is 0 Å². The summed E-state index contributed by atoms with van der Waals surface area (Å²) in [7, 11) is 0. The van der Waals surface area contributed by atoms with Crippen LogP contribution >= 0.6 is 11.6 Å². The van der Waals surface area contributed by atoms with Gasteiger partial charge in [-0.05, 0) is 18.6 Å². The average molecular weight is 219 g/mol. The van der Waals surface area contributed by atoms with E-state index >= 15 is 0 Å². The van der Waals surface area contributed by atoms with E-state index in [0.717, 1.165) is 6.07 Å². The summed E-state index contributed by atoms with van der Waals surface area (Å²) < 4.78 is 12.8. The molecule has 76 valence electrons. The van der Waals surface area contributed by atoms with Crippen LogP contribution in [0, 0.1) is 5.82 Å². The molecule has 0 atom stereocenters. The lowest BCUT2D eigenvalue weighted by Crippen LogP contribution is -1.99. The molecule has 0 heterocycles. The third kappa shape index (κ3) is 2.35. The summed E-state index contributed by atoms with van der Waals surface area (Å²) in [5.74, 6) is -2.39. The van der Waals surface area contributed by atoms with Crippen molar-refractivity contribution in [3.05, 3.63) is 28.5 Å². The van der Waals surface area contributed by atoms with Crippen LogP contribution in [0.3, 0.4) is 0 Å². The molecule has 0 amide bonds. The fraction of sp³-hybridized carbons (Fsp3) is 0.222. The molecular formula is C9H8ClFO3. The van der Waals surface area contributed by atoms with E-state index < -0.39 is 17.5 Å². The van der Waals surface area contributed by atoms with E-state index in [1.54, 1.807) is 0 Å². The second kappa shape index (κ2) is 4.28. The molecule has 0 bridgehead atoms. The Balaban J connectivity index is 2.95. The number of aromatic hydroxyl groups is 1. The SMILES string of the molecule is O=C(O)CCc1c(Cl)ccc(F)c1O. The van der Waals surface area contributed by atoms with Crippen LogP contribution in [0.2, 0.25) is 5.02 Å². The highest BCUT2D eigenvalue weighted by Crippen LogP contribution is 2.29. The standard InChI is InChI=1S/C9H8ClFO3/c10-6-2-3-7(11)9(14)5(6)1-4-8(12)13/h2-3,14H,1,4H2,(H,12,13). The van der Waals surface area contributed by atoms with Gasteiger partial charge in [0, 0.05) is 17.0 Å². The zero-order chi connectivity index (χ0) is 10.7. The molecule has 0 aliphatic carbocycles. The number of benzene rings is 1. The minimum absolute atomic E-state index is 0.0117. The zero-order valence-electron chi connectivity index (χ0n) is 7.13. The molecule has 1 aromatic rings. The molecule has 0 saturated heterocycles. The minimum atomic E-state index is -1.02. The molecule has 1 rings (SSSR count). The lowest BCUT2D eigenvalue weighted by atomic mass is 10.1. The third-order valence-corrected chi connectivity index (χ3v) is 2.12. The normalized spacial score (nSPS) is 10.1. The maximum atomic E-state index is 12.8. The van der Waals surface area contributed by atoms with Crippen molar-refractivity contribution in [2.24, 2.45) is 0 Å². The smallest absolute Gasteiger partial charge is 0.303 e. The lowest BCUT2D eigenvalue weighted by molar-refractivity contribution is -0.136. The summed E-state index contributed by atoms with van der Waals surface area (Å²) in [5.41, 5.74) is 0.133. The van der Waals surface area contributed by atoms with Crippen LogP contribution in [0.4, 0.5) is 4.39 Å². The first-order valence-electron chi connectivity index (χ1n) is 3.90. The predicted molar refractivity (Wildman–Crippen MR) is 49.0 cm³/mol. The van der Waals surface area contributed by atoms with Crippen LogP contribution < -0.4 is 0 Å². The van der Waals surface area contributed by atoms with Gasteiger partial charge in [-0.15, -0.1) is 0 Å². The number of halogens is 2. The van der Waals surface area contributed by atoms with E-state index in [4.69, 9.17) is 16.7 Å². The summed E-state index contributed by atoms with van der Waals surface area (Å²) in [6.45, 7) is 0. The Kier molecular flexibility index (Phi) is 3.30. The Bertz CT molecular complexity index is 365. The van der Waals surface area contributed by atoms with E-state index in [0.29, 0.717) is 0 Å². The van der Waals surface area contributed by atoms with Gasteiger partial charge in [0.05, 0.1) is 0 Å². The molecule has 2 N–H and O–H groups in total. The molecule has 0 aliphatic rings. The first-order chi connectivity index (χ1) is 6.52. The number of carboxylic acid groups (broad SMARTS) is 1. The summed E-state index contributed by atoms with van der Waals surface area (Å²) in [6, 6.07) is 2.32. The minimum Gasteiger partial charge on any atom is -0.505 e. The van der Waals surface area contributed by atoms with Crippen molar-refractivity contribution in [2.75, 3.05) is 0 Å². The largest absolute Gasteiger partial charge is 0.505 e. The van der Waals surface area contributed by atoms with Gasteiger partial charge in [0.2, 0.25) is 0 Å². The van der Waals surface area contributed by atoms with Gasteiger partial charge in [-0.25, -0.2) is 4.39 Å². The predicted octanol–water partition coefficient (Wildman–Crippen LogP) is 2.20. The number of hydrogen-bond acceptors (Lipinski definition) is 2. The molecule has 5 heteroatoms. The number of aliphatic carboxylic acids is 1. The van der Waals surface area contributed by atoms with Gasteiger partial charge in [-0.1, -0.05) is 11.6 Å². The van der Waals surface area contributed by atoms with Gasteiger partial charge in [0.1, 0.15) is 0 Å². The van der Waals surface area contributed by atoms with Gasteiger partial charge in [-0.3, -0.25) is 4.79 Å². The van der Waals surface area contributed by atoms with Gasteiger partial charge < -0.3 is 10.2 Å². The van der Waals surface area contributed by atoms with E-state index in [1.165, 1.54) is 6.07 Å². The summed E-state index contributed by atoms with van der Waals surface area (Å²) in [6.07, 6.45) is -0.186. The van der Waals surface area contributed by atoms with Gasteiger partial charge in [0.25, 0.3) is 0 Å². The molecule has 0 aliphatic heterocycles. The number of carboxylic acids is 1. The quantitative estimate of drug-likeness (QED) is 0.818. The summed E-state index contributed by atoms with van der Waals surface area (Å²) in [4.78, 5) is 10.3. The first kappa shape index (κ1) is 10.8. The molecule has 0 spiro atoms. The van der Waals surface area contributed by atoms with Crippen LogP contribution in [0.25, 0.3) is 0 Å². The summed E-state index contributed by atoms with van der Waals surface area (Å²) in [5, 5.41) is 17.8. The monoisotopic (exact) mass is 218 g/mol. The Hall–Kier alpha value is -1.29. The highest BCUT2D eigenvalue weighted by atomic mass is 35.5. The van der Waals surface area contributed by atoms with Crippen molar-refractivity contribution in [3.63, 3.8) is 0 Å². The van der Waals surface area contributed by atoms with Crippen LogP contribution in [-0.4, -0.2) is 16.2 Å². The number of carbonyl (C=O) groups is 1. The fourth-order valence-corrected chi connectivity index (χ4v) is 1.30. The summed E-state index contributed by atoms with van der Waals surface area (Å²) >= 11 is 5.67. The van der Waals surface area contributed by atoms with Crippen molar-refractivity contribution in [2.45, 2.75) is 12.8 Å². The van der Waals surface area contributed by atoms with Crippen LogP contribution in [0.1, 0.15) is 12.0 Å². The fourth-order valence-electron chi connectivity index (χ4n) is 1.05. The van der Waals surface area contributed by atoms with Crippen LogP contribution in [0.15, 0.2) is 12.1 Å². The molecule has 14 heavy (non-hydrogen) atoms. The van der Waals surface area contributed by atoms with Gasteiger partial charge >= 0.3 is 5.97 Å². The van der Waals surface area contributed by atoms with Crippen LogP contribution in [0.5, 0.6) is 5.75 Å². The first-order valence-corrected chi connectivity index (χ1v) is 4.28. The van der Waals surface area contributed by atoms with E-state index in [2.05, 4.69) is 0 Å². The maximum absolute atomic E-state index is 12.8. The third-order valence-electron chi connectivity index (χ3n) is 1.77. The molecule has 3 nitrogen and oxygen atoms in total. The molecule has 0 fully saturated rings. The molecule has 1 aromatic carbocycles. The lowest BCUT2D eigenvalue weighted by Gasteiger charge is -2.05. The second-order valence-corrected chi connectivity index (χ2v) is 3.16. The highest BCUT2D eigenvalue weighted by Gasteiger charge is 2.12. The Morgan fingerprint density at radius 2 is 2.14 bits per heavy atom. The zero-order valence-corrected chi connectivity index (χ0v) is 7.88. The molecule has 0 radical (unpaired) electrons. The Labute approximate surface area is 84.7 Å². The van der Waals surface area contributed by atoms with E-state index in [9.17, 15) is 14.3 Å². The highest BCUT2D eigenvalue weighted by molar-refractivity contribution is 6.31. The Morgan fingerprint density at radius 1 is 1.50 bits per heavy atom. The molecule has 0 saturated carbocycles. The average Bonchev–Trinajstić information content (AvgIpc) is 2.11. The number of hydrogen-bond donors (Lipinski definition) is 2. The number of rotatable bonds is 3. The maximum Gasteiger partial charge on any atom is 0.303 e. The molecule has 0 aromatic heterocycles. The van der Waals surface area contributed by atoms with Crippen molar-refractivity contribution < 1.29 is 19.4 Å². The van der Waals surface area contributed by atoms with Crippen LogP contribution in [-0.2, 0) is 11.2 Å². The molecular weight excluding hydrogens is 211 g/mol. The topological polar surface area (TPSA) is 57.5 Å². The van der Waals surface area contributed by atoms with Crippen molar-refractivity contribution >= 4 is 17.6 Å². The second-order valence-electron chi connectivity index (χ2n) is 2.75.